The van der Waals surface area contributed by atoms with Crippen LogP contribution >= 0.6 is 15.6 Å². The molecule has 0 fully saturated rings. The van der Waals surface area contributed by atoms with Crippen molar-refractivity contribution >= 4 is 39.5 Å². The van der Waals surface area contributed by atoms with Crippen LogP contribution in [0.1, 0.15) is 297 Å². The van der Waals surface area contributed by atoms with Gasteiger partial charge in [0.15, 0.2) is 12.2 Å². The largest absolute Gasteiger partial charge is 0.472 e. The molecule has 0 aromatic heterocycles. The second-order valence-electron chi connectivity index (χ2n) is 25.9. The quantitative estimate of drug-likeness (QED) is 0.0169. The number of aliphatic hydroxyl groups is 1. The summed E-state index contributed by atoms with van der Waals surface area (Å²) in [6.07, 6.45) is 88.0. The first-order chi connectivity index (χ1) is 50.7. The van der Waals surface area contributed by atoms with Crippen LogP contribution in [0.5, 0.6) is 0 Å². The SMILES string of the molecule is CC/C=C\C/C=C\C/C=C\C/C=C\C/C=C\CCCC(=O)OCC(COP(=O)(O)OCC(O)COP(=O)(O)OCC(COC(=O)CCCCCCCC/C=C\C/C=C\C/C=C\C/C=C\CC)OC(=O)CCCCCCC/C=C\CCCC)OC(=O)CCCCCCCCC/C=C\C/C=C\C/C=C\CC. The Labute approximate surface area is 629 Å². The third kappa shape index (κ3) is 74.9. The number of rotatable bonds is 73. The lowest BCUT2D eigenvalue weighted by atomic mass is 10.1. The number of hydrogen-bond donors (Lipinski definition) is 3. The molecule has 0 aliphatic carbocycles. The number of carbonyl (C=O) groups excluding carboxylic acids is 4. The molecule has 0 rings (SSSR count). The van der Waals surface area contributed by atoms with Crippen molar-refractivity contribution in [2.45, 2.75) is 316 Å². The molecule has 0 saturated heterocycles. The predicted molar refractivity (Wildman–Crippen MR) is 427 cm³/mol. The Kier molecular flexibility index (Phi) is 72.0. The van der Waals surface area contributed by atoms with Crippen LogP contribution in [0.3, 0.4) is 0 Å². The predicted octanol–water partition coefficient (Wildman–Crippen LogP) is 23.2. The van der Waals surface area contributed by atoms with Crippen molar-refractivity contribution in [2.75, 3.05) is 39.6 Å². The molecule has 0 aromatic carbocycles. The molecule has 3 N–H and O–H groups in total. The Morgan fingerprint density at radius 1 is 0.279 bits per heavy atom. The summed E-state index contributed by atoms with van der Waals surface area (Å²) in [5.74, 6) is -2.29. The average molecular weight is 1500 g/mol. The summed E-state index contributed by atoms with van der Waals surface area (Å²) in [4.78, 5) is 73.0. The molecule has 592 valence electrons. The molecule has 104 heavy (non-hydrogen) atoms. The normalized spacial score (nSPS) is 14.7. The highest BCUT2D eigenvalue weighted by Crippen LogP contribution is 2.45. The average Bonchev–Trinajstić information content (AvgIpc) is 0.930. The summed E-state index contributed by atoms with van der Waals surface area (Å²) >= 11 is 0. The van der Waals surface area contributed by atoms with Crippen LogP contribution in [0.4, 0.5) is 0 Å². The summed E-state index contributed by atoms with van der Waals surface area (Å²) in [5.41, 5.74) is 0. The van der Waals surface area contributed by atoms with E-state index in [1.165, 1.54) is 12.8 Å². The Morgan fingerprint density at radius 2 is 0.510 bits per heavy atom. The highest BCUT2D eigenvalue weighted by molar-refractivity contribution is 7.47. The van der Waals surface area contributed by atoms with Crippen LogP contribution in [0.25, 0.3) is 0 Å². The number of ether oxygens (including phenoxy) is 4. The molecule has 0 aliphatic heterocycles. The molecule has 0 saturated carbocycles. The molecule has 0 aliphatic rings. The number of allylic oxidation sites excluding steroid dienone is 26. The minimum atomic E-state index is -5.00. The standard InChI is InChI=1S/C85H140O17P2/c1-5-9-13-17-21-25-29-32-35-38-39-42-44-47-51-54-58-62-66-70-82(87)95-75-80(101-84(89)71-67-63-59-55-49-28-24-20-16-12-8-4)77-99-103(91,92)97-73-79(86)74-98-104(93,94)100-78-81(102-85(90)72-68-64-60-56-52-48-45-41-37-34-31-27-23-19-15-11-7-3)76-96-83(88)69-65-61-57-53-50-46-43-40-36-33-30-26-22-18-14-10-6-2/h9-11,13-15,20-27,32-37,39,42-43,46,53,57,79-81,86H,5-8,12,16-19,28-31,38,40-41,44-45,47-52,54-56,58-78H2,1-4H3,(H,91,92)(H,93,94)/b13-9-,14-10-,15-11-,24-20-,25-21-,26-22-,27-23-,35-32-,36-33-,37-34-,42-39-,46-43-,57-53-. The molecule has 0 heterocycles. The number of esters is 4. The summed E-state index contributed by atoms with van der Waals surface area (Å²) in [5, 5.41) is 10.6. The van der Waals surface area contributed by atoms with Crippen LogP contribution in [0.2, 0.25) is 0 Å². The molecule has 5 unspecified atom stereocenters. The van der Waals surface area contributed by atoms with Gasteiger partial charge in [0.05, 0.1) is 26.4 Å². The second kappa shape index (κ2) is 75.9. The van der Waals surface area contributed by atoms with Gasteiger partial charge >= 0.3 is 39.5 Å². The van der Waals surface area contributed by atoms with Crippen molar-refractivity contribution in [3.05, 3.63) is 158 Å². The lowest BCUT2D eigenvalue weighted by molar-refractivity contribution is -0.161. The molecule has 0 bridgehead atoms. The number of hydrogen-bond acceptors (Lipinski definition) is 15. The van der Waals surface area contributed by atoms with Gasteiger partial charge in [-0.3, -0.25) is 37.3 Å². The maximum absolute atomic E-state index is 13.1. The lowest BCUT2D eigenvalue weighted by Crippen LogP contribution is -2.30. The van der Waals surface area contributed by atoms with E-state index in [0.717, 1.165) is 199 Å². The van der Waals surface area contributed by atoms with Crippen LogP contribution in [-0.2, 0) is 65.4 Å². The van der Waals surface area contributed by atoms with E-state index < -0.39 is 97.5 Å². The fourth-order valence-electron chi connectivity index (χ4n) is 10.0. The molecule has 0 spiro atoms. The molecule has 0 amide bonds. The zero-order valence-electron chi connectivity index (χ0n) is 64.6. The third-order valence-electron chi connectivity index (χ3n) is 16.0. The van der Waals surface area contributed by atoms with E-state index in [0.29, 0.717) is 32.1 Å². The molecular weight excluding hydrogens is 1350 g/mol. The van der Waals surface area contributed by atoms with Crippen LogP contribution in [0.15, 0.2) is 158 Å². The molecule has 5 atom stereocenters. The zero-order chi connectivity index (χ0) is 76.0. The minimum absolute atomic E-state index is 0.0664. The van der Waals surface area contributed by atoms with Gasteiger partial charge in [0, 0.05) is 25.7 Å². The van der Waals surface area contributed by atoms with Crippen molar-refractivity contribution < 1.29 is 80.2 Å². The molecule has 0 aromatic rings. The Balaban J connectivity index is 5.40. The van der Waals surface area contributed by atoms with E-state index in [1.807, 2.05) is 12.2 Å². The van der Waals surface area contributed by atoms with Gasteiger partial charge in [-0.1, -0.05) is 276 Å². The first kappa shape index (κ1) is 98.7. The number of phosphoric ester groups is 2. The summed E-state index contributed by atoms with van der Waals surface area (Å²) in [6.45, 7) is 4.39. The van der Waals surface area contributed by atoms with E-state index >= 15 is 0 Å². The molecular formula is C85H140O17P2. The van der Waals surface area contributed by atoms with Gasteiger partial charge in [-0.2, -0.15) is 0 Å². The summed E-state index contributed by atoms with van der Waals surface area (Å²) < 4.78 is 68.5. The van der Waals surface area contributed by atoms with Gasteiger partial charge in [0.25, 0.3) is 0 Å². The second-order valence-corrected chi connectivity index (χ2v) is 28.8. The van der Waals surface area contributed by atoms with Crippen molar-refractivity contribution in [1.29, 1.82) is 0 Å². The fraction of sp³-hybridized carbons (Fsp3) is 0.647. The topological polar surface area (TPSA) is 237 Å². The van der Waals surface area contributed by atoms with Gasteiger partial charge in [-0.05, 0) is 154 Å². The number of carbonyl (C=O) groups is 4. The first-order valence-electron chi connectivity index (χ1n) is 39.7. The van der Waals surface area contributed by atoms with Crippen molar-refractivity contribution in [2.24, 2.45) is 0 Å². The highest BCUT2D eigenvalue weighted by atomic mass is 31.2. The van der Waals surface area contributed by atoms with Crippen molar-refractivity contribution in [3.63, 3.8) is 0 Å². The van der Waals surface area contributed by atoms with E-state index in [2.05, 4.69) is 174 Å². The van der Waals surface area contributed by atoms with E-state index in [1.54, 1.807) is 0 Å². The Bertz CT molecular complexity index is 2590. The number of unbranched alkanes of at least 4 members (excludes halogenated alkanes) is 21. The maximum atomic E-state index is 13.1. The first-order valence-corrected chi connectivity index (χ1v) is 42.7. The Hall–Kier alpha value is -5.32. The van der Waals surface area contributed by atoms with Gasteiger partial charge in [-0.25, -0.2) is 9.13 Å². The third-order valence-corrected chi connectivity index (χ3v) is 17.9. The van der Waals surface area contributed by atoms with Crippen LogP contribution < -0.4 is 0 Å². The number of aliphatic hydroxyl groups excluding tert-OH is 1. The van der Waals surface area contributed by atoms with E-state index in [4.69, 9.17) is 37.0 Å². The van der Waals surface area contributed by atoms with E-state index in [-0.39, 0.29) is 25.7 Å². The molecule has 0 radical (unpaired) electrons. The smallest absolute Gasteiger partial charge is 0.462 e. The number of phosphoric acid groups is 2. The Morgan fingerprint density at radius 3 is 0.817 bits per heavy atom. The zero-order valence-corrected chi connectivity index (χ0v) is 66.4. The van der Waals surface area contributed by atoms with Crippen LogP contribution in [-0.4, -0.2) is 96.7 Å². The molecule has 19 heteroatoms. The minimum Gasteiger partial charge on any atom is -0.462 e. The van der Waals surface area contributed by atoms with E-state index in [9.17, 15) is 43.2 Å². The summed E-state index contributed by atoms with van der Waals surface area (Å²) in [7, 11) is -9.99. The van der Waals surface area contributed by atoms with Gasteiger partial charge < -0.3 is 33.8 Å². The maximum Gasteiger partial charge on any atom is 0.472 e. The van der Waals surface area contributed by atoms with Crippen LogP contribution in [0, 0.1) is 0 Å². The summed E-state index contributed by atoms with van der Waals surface area (Å²) in [6, 6.07) is 0. The monoisotopic (exact) mass is 1490 g/mol. The van der Waals surface area contributed by atoms with Gasteiger partial charge in [0.1, 0.15) is 19.3 Å². The lowest BCUT2D eigenvalue weighted by Gasteiger charge is -2.21. The van der Waals surface area contributed by atoms with Gasteiger partial charge in [-0.15, -0.1) is 0 Å². The van der Waals surface area contributed by atoms with Crippen molar-refractivity contribution in [1.82, 2.24) is 0 Å². The fourth-order valence-corrected chi connectivity index (χ4v) is 11.6. The molecule has 17 nitrogen and oxygen atoms in total. The van der Waals surface area contributed by atoms with Crippen molar-refractivity contribution in [3.8, 4) is 0 Å². The highest BCUT2D eigenvalue weighted by Gasteiger charge is 2.30. The van der Waals surface area contributed by atoms with Gasteiger partial charge in [0.2, 0.25) is 0 Å².